The summed E-state index contributed by atoms with van der Waals surface area (Å²) >= 11 is 0. The SMILES string of the molecule is CCC(C)C(N)C(=O)NC(CCC(N)=O)C(=O)NC(CCCN=C(N)N)C(=O)NC(C(=O)N1CCCC1C(=O)NC(CCCCN)C(=O)NC(C(=O)NC(CCC(N)=O)C(=O)NC(C(=O)NC(Cc1ccc(O)cc1)C(=O)O)C(C)C)C(C)CC)C(C)O. The van der Waals surface area contributed by atoms with Crippen LogP contribution >= 0.6 is 0 Å². The van der Waals surface area contributed by atoms with Crippen molar-refractivity contribution in [1.82, 2.24) is 47.4 Å². The Kier molecular flexibility index (Phi) is 32.9. The van der Waals surface area contributed by atoms with Crippen molar-refractivity contribution < 1.29 is 72.9 Å². The van der Waals surface area contributed by atoms with Crippen molar-refractivity contribution in [2.45, 2.75) is 205 Å². The van der Waals surface area contributed by atoms with Gasteiger partial charge in [-0.2, -0.15) is 0 Å². The summed E-state index contributed by atoms with van der Waals surface area (Å²) < 4.78 is 0. The number of nitrogens with one attached hydrogen (secondary N) is 8. The van der Waals surface area contributed by atoms with Crippen LogP contribution < -0.4 is 76.9 Å². The highest BCUT2D eigenvalue weighted by molar-refractivity contribution is 5.99. The lowest BCUT2D eigenvalue weighted by molar-refractivity contribution is -0.145. The van der Waals surface area contributed by atoms with E-state index in [4.69, 9.17) is 34.4 Å². The van der Waals surface area contributed by atoms with Crippen molar-refractivity contribution in [2.75, 3.05) is 19.6 Å². The Bertz CT molecular complexity index is 2570. The summed E-state index contributed by atoms with van der Waals surface area (Å²) in [6.45, 7) is 11.5. The van der Waals surface area contributed by atoms with Gasteiger partial charge in [-0.3, -0.25) is 57.7 Å². The van der Waals surface area contributed by atoms with Gasteiger partial charge in [0.1, 0.15) is 60.1 Å². The number of aromatic hydroxyl groups is 1. The lowest BCUT2D eigenvalue weighted by atomic mass is 9.96. The number of nitrogens with two attached hydrogens (primary N) is 6. The summed E-state index contributed by atoms with van der Waals surface area (Å²) in [6.07, 6.45) is -1.34. The minimum absolute atomic E-state index is 0.000965. The average Bonchev–Trinajstić information content (AvgIpc) is 4.20. The number of aliphatic carboxylic acids is 1. The van der Waals surface area contributed by atoms with Gasteiger partial charge in [0.25, 0.3) is 0 Å². The predicted octanol–water partition coefficient (Wildman–Crippen LogP) is -3.94. The van der Waals surface area contributed by atoms with Crippen LogP contribution in [0.2, 0.25) is 0 Å². The summed E-state index contributed by atoms with van der Waals surface area (Å²) in [5, 5.41) is 51.2. The number of amides is 11. The Morgan fingerprint density at radius 2 is 1.06 bits per heavy atom. The maximum absolute atomic E-state index is 14.5. The lowest BCUT2D eigenvalue weighted by Crippen LogP contribution is -2.62. The van der Waals surface area contributed by atoms with Gasteiger partial charge >= 0.3 is 5.97 Å². The number of phenolic OH excluding ortho intramolecular Hbond substituents is 1. The van der Waals surface area contributed by atoms with Gasteiger partial charge < -0.3 is 97.2 Å². The number of aliphatic imine (C=N–C) groups is 1. The molecule has 0 aromatic heterocycles. The number of carboxylic acids is 1. The molecule has 1 aliphatic heterocycles. The molecule has 31 nitrogen and oxygen atoms in total. The van der Waals surface area contributed by atoms with Crippen molar-refractivity contribution in [3.05, 3.63) is 29.8 Å². The predicted molar refractivity (Wildman–Crippen MR) is 323 cm³/mol. The van der Waals surface area contributed by atoms with Crippen molar-refractivity contribution in [2.24, 2.45) is 57.1 Å². The fraction of sp³-hybridized carbons (Fsp3) is 0.667. The van der Waals surface area contributed by atoms with Gasteiger partial charge in [-0.05, 0) is 107 Å². The largest absolute Gasteiger partial charge is 0.508 e. The van der Waals surface area contributed by atoms with Crippen LogP contribution in [0.3, 0.4) is 0 Å². The van der Waals surface area contributed by atoms with Crippen molar-refractivity contribution in [1.29, 1.82) is 0 Å². The molecule has 0 spiro atoms. The van der Waals surface area contributed by atoms with E-state index in [-0.39, 0.29) is 95.0 Å². The number of aliphatic hydroxyl groups is 1. The molecule has 13 atom stereocenters. The van der Waals surface area contributed by atoms with Gasteiger partial charge in [0, 0.05) is 32.4 Å². The number of hydrogen-bond acceptors (Lipinski definition) is 17. The average molecular weight is 1250 g/mol. The second-order valence-electron chi connectivity index (χ2n) is 22.7. The summed E-state index contributed by atoms with van der Waals surface area (Å²) in [6, 6.07) is -8.28. The normalized spacial score (nSPS) is 17.0. The quantitative estimate of drug-likeness (QED) is 0.0169. The molecule has 0 radical (unpaired) electrons. The van der Waals surface area contributed by atoms with Crippen LogP contribution in [0, 0.1) is 17.8 Å². The number of carbonyl (C=O) groups is 12. The van der Waals surface area contributed by atoms with Crippen LogP contribution in [0.4, 0.5) is 0 Å². The molecular formula is C57H96N16O15. The highest BCUT2D eigenvalue weighted by atomic mass is 16.4. The number of guanidine groups is 1. The van der Waals surface area contributed by atoms with Gasteiger partial charge in [-0.15, -0.1) is 0 Å². The molecule has 0 bridgehead atoms. The molecule has 1 fully saturated rings. The highest BCUT2D eigenvalue weighted by Gasteiger charge is 2.42. The van der Waals surface area contributed by atoms with Crippen LogP contribution in [0.25, 0.3) is 0 Å². The topological polar surface area (TPSA) is 533 Å². The van der Waals surface area contributed by atoms with E-state index >= 15 is 0 Å². The van der Waals surface area contributed by atoms with E-state index in [0.29, 0.717) is 31.2 Å². The molecule has 2 rings (SSSR count). The van der Waals surface area contributed by atoms with E-state index < -0.39 is 156 Å². The number of nitrogens with zero attached hydrogens (tertiary/aromatic N) is 2. The molecule has 0 saturated carbocycles. The number of carboxylic acid groups (broad SMARTS) is 1. The Morgan fingerprint density at radius 1 is 0.591 bits per heavy atom. The first-order chi connectivity index (χ1) is 41.4. The minimum atomic E-state index is -1.72. The van der Waals surface area contributed by atoms with E-state index in [1.165, 1.54) is 31.2 Å². The van der Waals surface area contributed by atoms with Gasteiger partial charge in [-0.25, -0.2) is 4.79 Å². The fourth-order valence-electron chi connectivity index (χ4n) is 9.42. The smallest absolute Gasteiger partial charge is 0.326 e. The molecule has 31 heteroatoms. The molecule has 88 heavy (non-hydrogen) atoms. The van der Waals surface area contributed by atoms with Gasteiger partial charge in [0.15, 0.2) is 5.96 Å². The maximum atomic E-state index is 14.5. The molecule has 13 unspecified atom stereocenters. The molecule has 1 saturated heterocycles. The number of rotatable bonds is 40. The summed E-state index contributed by atoms with van der Waals surface area (Å²) in [7, 11) is 0. The van der Waals surface area contributed by atoms with E-state index in [2.05, 4.69) is 47.5 Å². The maximum Gasteiger partial charge on any atom is 0.326 e. The molecule has 0 aliphatic carbocycles. The standard InChI is InChI=1S/C57H96N16O15/c1-8-30(5)43(61)52(83)67-37(21-23-41(59)76)47(78)65-36(15-12-26-64-57(62)63)49(80)72-46(32(7)74)55(86)73-27-13-16-40(73)51(82)66-35(14-10-11-25-58)48(79)71-45(31(6)9-2)54(85)68-38(22-24-42(60)77)50(81)70-44(29(3)4)53(84)69-39(56(87)88)28-33-17-19-34(75)20-18-33/h17-20,29-32,35-40,43-46,74-75H,8-16,21-28,58,61H2,1-7H3,(H2,59,76)(H2,60,77)(H,65,78)(H,66,82)(H,67,83)(H,68,85)(H,69,84)(H,70,81)(H,71,79)(H,72,80)(H,87,88)(H4,62,63,64). The van der Waals surface area contributed by atoms with E-state index in [0.717, 1.165) is 4.90 Å². The summed E-state index contributed by atoms with van der Waals surface area (Å²) in [5.74, 6) is -12.7. The number of benzene rings is 1. The Morgan fingerprint density at radius 3 is 1.56 bits per heavy atom. The third kappa shape index (κ3) is 25.6. The second-order valence-corrected chi connectivity index (χ2v) is 22.7. The Balaban J connectivity index is 2.43. The summed E-state index contributed by atoms with van der Waals surface area (Å²) in [4.78, 5) is 168. The first kappa shape index (κ1) is 75.9. The fourth-order valence-corrected chi connectivity index (χ4v) is 9.42. The zero-order valence-corrected chi connectivity index (χ0v) is 51.5. The number of phenols is 1. The van der Waals surface area contributed by atoms with Crippen molar-refractivity contribution >= 4 is 76.9 Å². The van der Waals surface area contributed by atoms with Crippen LogP contribution in [0.1, 0.15) is 138 Å². The molecule has 1 aromatic rings. The Labute approximate surface area is 512 Å². The molecule has 1 aromatic carbocycles. The molecule has 11 amide bonds. The van der Waals surface area contributed by atoms with Crippen molar-refractivity contribution in [3.63, 3.8) is 0 Å². The highest BCUT2D eigenvalue weighted by Crippen LogP contribution is 2.21. The number of aliphatic hydroxyl groups excluding tert-OH is 1. The van der Waals surface area contributed by atoms with E-state index in [9.17, 15) is 72.9 Å². The molecular weight excluding hydrogens is 1150 g/mol. The molecule has 494 valence electrons. The first-order valence-corrected chi connectivity index (χ1v) is 29.9. The molecule has 1 aliphatic rings. The second kappa shape index (κ2) is 38.2. The third-order valence-corrected chi connectivity index (χ3v) is 15.3. The third-order valence-electron chi connectivity index (χ3n) is 15.3. The lowest BCUT2D eigenvalue weighted by Gasteiger charge is -2.32. The summed E-state index contributed by atoms with van der Waals surface area (Å²) in [5.41, 5.74) is 34.2. The van der Waals surface area contributed by atoms with Crippen molar-refractivity contribution in [3.8, 4) is 5.75 Å². The van der Waals surface area contributed by atoms with E-state index in [1.807, 2.05) is 6.92 Å². The zero-order valence-electron chi connectivity index (χ0n) is 51.5. The van der Waals surface area contributed by atoms with Gasteiger partial charge in [-0.1, -0.05) is 66.5 Å². The number of likely N-dealkylation sites (tertiary alicyclic amines) is 1. The number of unbranched alkanes of at least 4 members (excludes halogenated alkanes) is 1. The van der Waals surface area contributed by atoms with Crippen LogP contribution in [-0.4, -0.2) is 183 Å². The van der Waals surface area contributed by atoms with E-state index in [1.54, 1.807) is 34.6 Å². The Hall–Kier alpha value is -8.19. The zero-order chi connectivity index (χ0) is 66.5. The number of primary amides is 2. The monoisotopic (exact) mass is 1240 g/mol. The van der Waals surface area contributed by atoms with Gasteiger partial charge in [0.2, 0.25) is 65.0 Å². The van der Waals surface area contributed by atoms with Crippen LogP contribution in [-0.2, 0) is 64.0 Å². The minimum Gasteiger partial charge on any atom is -0.508 e. The van der Waals surface area contributed by atoms with Crippen LogP contribution in [0.5, 0.6) is 5.75 Å². The van der Waals surface area contributed by atoms with Gasteiger partial charge in [0.05, 0.1) is 12.1 Å². The number of hydrogen-bond donors (Lipinski definition) is 17. The molecule has 23 N–H and O–H groups in total. The van der Waals surface area contributed by atoms with Crippen LogP contribution in [0.15, 0.2) is 29.3 Å². The molecule has 1 heterocycles. The number of carbonyl (C=O) groups excluding carboxylic acids is 11. The first-order valence-electron chi connectivity index (χ1n) is 29.9.